The van der Waals surface area contributed by atoms with Crippen LogP contribution in [-0.4, -0.2) is 19.3 Å². The summed E-state index contributed by atoms with van der Waals surface area (Å²) < 4.78 is 33.7. The topological polar surface area (TPSA) is 44.5 Å². The highest BCUT2D eigenvalue weighted by Crippen LogP contribution is 2.20. The van der Waals surface area contributed by atoms with Crippen molar-refractivity contribution in [1.29, 1.82) is 0 Å². The van der Waals surface area contributed by atoms with Gasteiger partial charge in [0.05, 0.1) is 13.2 Å². The van der Waals surface area contributed by atoms with E-state index in [9.17, 15) is 8.78 Å². The van der Waals surface area contributed by atoms with Crippen molar-refractivity contribution in [2.24, 2.45) is 5.73 Å². The van der Waals surface area contributed by atoms with Crippen LogP contribution < -0.4 is 10.5 Å². The van der Waals surface area contributed by atoms with E-state index in [1.54, 1.807) is 18.2 Å². The number of hydrogen-bond acceptors (Lipinski definition) is 3. The Morgan fingerprint density at radius 2 is 2.00 bits per heavy atom. The van der Waals surface area contributed by atoms with Gasteiger partial charge in [0.15, 0.2) is 0 Å². The minimum atomic E-state index is -2.82. The van der Waals surface area contributed by atoms with E-state index >= 15 is 0 Å². The molecule has 1 aromatic carbocycles. The Morgan fingerprint density at radius 1 is 1.31 bits per heavy atom. The fourth-order valence-electron chi connectivity index (χ4n) is 1.19. The van der Waals surface area contributed by atoms with Crippen molar-refractivity contribution < 1.29 is 18.3 Å². The van der Waals surface area contributed by atoms with E-state index in [0.717, 1.165) is 0 Å². The molecule has 1 rings (SSSR count). The number of alkyl halides is 2. The van der Waals surface area contributed by atoms with Gasteiger partial charge in [0, 0.05) is 11.6 Å². The van der Waals surface area contributed by atoms with E-state index in [4.69, 9.17) is 10.5 Å². The number of rotatable bonds is 6. The molecule has 90 valence electrons. The van der Waals surface area contributed by atoms with Crippen molar-refractivity contribution in [1.82, 2.24) is 0 Å². The Labute approximate surface area is 93.2 Å². The second-order valence-electron chi connectivity index (χ2n) is 3.48. The molecular weight excluding hydrogens is 216 g/mol. The molecule has 2 N–H and O–H groups in total. The molecule has 0 bridgehead atoms. The molecule has 0 amide bonds. The summed E-state index contributed by atoms with van der Waals surface area (Å²) in [6, 6.07) is 6.45. The predicted molar refractivity (Wildman–Crippen MR) is 56.4 cm³/mol. The van der Waals surface area contributed by atoms with Crippen LogP contribution in [0.2, 0.25) is 0 Å². The average Bonchev–Trinajstić information content (AvgIpc) is 2.19. The Morgan fingerprint density at radius 3 is 2.62 bits per heavy atom. The highest BCUT2D eigenvalue weighted by Gasteiger charge is 2.09. The molecule has 0 aliphatic rings. The van der Waals surface area contributed by atoms with Crippen molar-refractivity contribution in [2.45, 2.75) is 26.2 Å². The molecule has 0 aliphatic carbocycles. The van der Waals surface area contributed by atoms with Crippen LogP contribution >= 0.6 is 0 Å². The largest absolute Gasteiger partial charge is 0.434 e. The zero-order valence-electron chi connectivity index (χ0n) is 9.03. The lowest BCUT2D eigenvalue weighted by Gasteiger charge is -2.11. The molecule has 1 atom stereocenters. The van der Waals surface area contributed by atoms with Gasteiger partial charge in [-0.2, -0.15) is 8.78 Å². The number of nitrogens with two attached hydrogens (primary N) is 1. The summed E-state index contributed by atoms with van der Waals surface area (Å²) in [7, 11) is 0. The van der Waals surface area contributed by atoms with Crippen LogP contribution in [0.25, 0.3) is 0 Å². The summed E-state index contributed by atoms with van der Waals surface area (Å²) in [5, 5.41) is 0. The summed E-state index contributed by atoms with van der Waals surface area (Å²) >= 11 is 0. The van der Waals surface area contributed by atoms with Crippen LogP contribution in [0.3, 0.4) is 0 Å². The van der Waals surface area contributed by atoms with Gasteiger partial charge in [-0.25, -0.2) is 0 Å². The Bertz CT molecular complexity index is 319. The van der Waals surface area contributed by atoms with Gasteiger partial charge in [-0.3, -0.25) is 0 Å². The van der Waals surface area contributed by atoms with E-state index in [1.165, 1.54) is 6.07 Å². The van der Waals surface area contributed by atoms with Crippen LogP contribution in [0.15, 0.2) is 24.3 Å². The molecule has 0 saturated carbocycles. The van der Waals surface area contributed by atoms with E-state index in [1.807, 2.05) is 6.92 Å². The van der Waals surface area contributed by atoms with Crippen molar-refractivity contribution in [2.75, 3.05) is 6.61 Å². The molecular formula is C11H15F2NO2. The standard InChI is InChI=1S/C11H15F2NO2/c1-8(14)6-15-7-9-4-2-3-5-10(9)16-11(12)13/h2-5,8,11H,6-7,14H2,1H3. The SMILES string of the molecule is CC(N)COCc1ccccc1OC(F)F. The second-order valence-corrected chi connectivity index (χ2v) is 3.48. The molecule has 0 aromatic heterocycles. The second kappa shape index (κ2) is 6.40. The van der Waals surface area contributed by atoms with Gasteiger partial charge >= 0.3 is 6.61 Å². The zero-order valence-corrected chi connectivity index (χ0v) is 9.03. The Hall–Kier alpha value is -1.20. The van der Waals surface area contributed by atoms with Crippen molar-refractivity contribution in [3.05, 3.63) is 29.8 Å². The highest BCUT2D eigenvalue weighted by molar-refractivity contribution is 5.32. The number of halogens is 2. The zero-order chi connectivity index (χ0) is 12.0. The Balaban J connectivity index is 2.56. The third-order valence-electron chi connectivity index (χ3n) is 1.83. The number of hydrogen-bond donors (Lipinski definition) is 1. The fraction of sp³-hybridized carbons (Fsp3) is 0.455. The van der Waals surface area contributed by atoms with Gasteiger partial charge < -0.3 is 15.2 Å². The normalized spacial score (nSPS) is 12.8. The molecule has 1 aromatic rings. The molecule has 0 fully saturated rings. The van der Waals surface area contributed by atoms with Gasteiger partial charge in [-0.05, 0) is 13.0 Å². The molecule has 0 aliphatic heterocycles. The van der Waals surface area contributed by atoms with Crippen molar-refractivity contribution in [3.63, 3.8) is 0 Å². The van der Waals surface area contributed by atoms with Crippen molar-refractivity contribution in [3.8, 4) is 5.75 Å². The van der Waals surface area contributed by atoms with E-state index in [-0.39, 0.29) is 18.4 Å². The Kier molecular flexibility index (Phi) is 5.14. The maximum absolute atomic E-state index is 12.1. The number of para-hydroxylation sites is 1. The lowest BCUT2D eigenvalue weighted by atomic mass is 10.2. The minimum Gasteiger partial charge on any atom is -0.434 e. The third-order valence-corrected chi connectivity index (χ3v) is 1.83. The van der Waals surface area contributed by atoms with Crippen LogP contribution in [-0.2, 0) is 11.3 Å². The summed E-state index contributed by atoms with van der Waals surface area (Å²) in [6.07, 6.45) is 0. The highest BCUT2D eigenvalue weighted by atomic mass is 19.3. The summed E-state index contributed by atoms with van der Waals surface area (Å²) in [6.45, 7) is -0.427. The lowest BCUT2D eigenvalue weighted by molar-refractivity contribution is -0.0514. The van der Waals surface area contributed by atoms with Crippen LogP contribution in [0.1, 0.15) is 12.5 Å². The monoisotopic (exact) mass is 231 g/mol. The fourth-order valence-corrected chi connectivity index (χ4v) is 1.19. The lowest BCUT2D eigenvalue weighted by Crippen LogP contribution is -2.21. The predicted octanol–water partition coefficient (Wildman–Crippen LogP) is 2.15. The first-order chi connectivity index (χ1) is 7.59. The summed E-state index contributed by atoms with van der Waals surface area (Å²) in [5.41, 5.74) is 6.09. The van der Waals surface area contributed by atoms with Crippen LogP contribution in [0.4, 0.5) is 8.78 Å². The van der Waals surface area contributed by atoms with Crippen LogP contribution in [0.5, 0.6) is 5.75 Å². The molecule has 5 heteroatoms. The maximum Gasteiger partial charge on any atom is 0.387 e. The van der Waals surface area contributed by atoms with E-state index in [0.29, 0.717) is 12.2 Å². The minimum absolute atomic E-state index is 0.0804. The third kappa shape index (κ3) is 4.55. The molecule has 0 radical (unpaired) electrons. The van der Waals surface area contributed by atoms with E-state index < -0.39 is 6.61 Å². The van der Waals surface area contributed by atoms with Gasteiger partial charge in [0.25, 0.3) is 0 Å². The maximum atomic E-state index is 12.1. The molecule has 3 nitrogen and oxygen atoms in total. The van der Waals surface area contributed by atoms with Gasteiger partial charge in [0.2, 0.25) is 0 Å². The first kappa shape index (κ1) is 12.9. The van der Waals surface area contributed by atoms with Crippen molar-refractivity contribution >= 4 is 0 Å². The molecule has 0 spiro atoms. The van der Waals surface area contributed by atoms with Gasteiger partial charge in [-0.1, -0.05) is 18.2 Å². The molecule has 16 heavy (non-hydrogen) atoms. The van der Waals surface area contributed by atoms with Gasteiger partial charge in [0.1, 0.15) is 5.75 Å². The summed E-state index contributed by atoms with van der Waals surface area (Å²) in [5.74, 6) is 0.141. The number of benzene rings is 1. The first-order valence-corrected chi connectivity index (χ1v) is 4.95. The summed E-state index contributed by atoms with van der Waals surface area (Å²) in [4.78, 5) is 0. The van der Waals surface area contributed by atoms with Crippen LogP contribution in [0, 0.1) is 0 Å². The quantitative estimate of drug-likeness (QED) is 0.815. The first-order valence-electron chi connectivity index (χ1n) is 4.95. The van der Waals surface area contributed by atoms with E-state index in [2.05, 4.69) is 4.74 Å². The number of ether oxygens (including phenoxy) is 2. The average molecular weight is 231 g/mol. The molecule has 0 saturated heterocycles. The van der Waals surface area contributed by atoms with Gasteiger partial charge in [-0.15, -0.1) is 0 Å². The molecule has 0 heterocycles. The molecule has 1 unspecified atom stereocenters. The smallest absolute Gasteiger partial charge is 0.387 e.